The van der Waals surface area contributed by atoms with Gasteiger partial charge in [-0.25, -0.2) is 9.80 Å². The van der Waals surface area contributed by atoms with Gasteiger partial charge in [0.1, 0.15) is 4.91 Å². The molecule has 2 aliphatic heterocycles. The van der Waals surface area contributed by atoms with E-state index in [2.05, 4.69) is 5.10 Å². The maximum atomic E-state index is 12.6. The van der Waals surface area contributed by atoms with Crippen LogP contribution in [0.4, 0.5) is 11.4 Å². The van der Waals surface area contributed by atoms with Gasteiger partial charge in [-0.15, -0.1) is 0 Å². The van der Waals surface area contributed by atoms with Crippen LogP contribution in [0.2, 0.25) is 5.02 Å². The number of allylic oxidation sites excluding steroid dienone is 1. The first-order valence-corrected chi connectivity index (χ1v) is 11.1. The summed E-state index contributed by atoms with van der Waals surface area (Å²) in [5, 5.41) is 7.27. The number of carbonyl (C=O) groups is 2. The normalized spacial score (nSPS) is 20.7. The molecule has 2 aromatic rings. The van der Waals surface area contributed by atoms with E-state index in [0.717, 1.165) is 11.4 Å². The molecule has 2 heterocycles. The highest BCUT2D eigenvalue weighted by molar-refractivity contribution is 8.29. The van der Waals surface area contributed by atoms with Crippen molar-refractivity contribution in [2.24, 2.45) is 5.10 Å². The molecule has 0 aliphatic carbocycles. The Morgan fingerprint density at radius 1 is 1.07 bits per heavy atom. The molecule has 30 heavy (non-hydrogen) atoms. The highest BCUT2D eigenvalue weighted by atomic mass is 35.5. The van der Waals surface area contributed by atoms with Gasteiger partial charge in [0.15, 0.2) is 10.8 Å². The summed E-state index contributed by atoms with van der Waals surface area (Å²) in [4.78, 5) is 27.3. The third-order valence-corrected chi connectivity index (χ3v) is 7.82. The zero-order chi connectivity index (χ0) is 21.5. The summed E-state index contributed by atoms with van der Waals surface area (Å²) in [6.45, 7) is 3.35. The number of Topliss-reactive ketones (excluding diaryl/α,β-unsaturated/α-hetero) is 1. The minimum absolute atomic E-state index is 0.151. The van der Waals surface area contributed by atoms with Crippen LogP contribution in [0.1, 0.15) is 13.8 Å². The predicted molar refractivity (Wildman–Crippen MR) is 124 cm³/mol. The molecule has 0 bridgehead atoms. The van der Waals surface area contributed by atoms with Crippen LogP contribution in [0, 0.1) is 0 Å². The highest BCUT2D eigenvalue weighted by Gasteiger charge is 2.57. The number of ketones is 1. The number of rotatable bonds is 4. The number of thioether (sulfide) groups is 2. The lowest BCUT2D eigenvalue weighted by atomic mass is 10.2. The van der Waals surface area contributed by atoms with E-state index in [0.29, 0.717) is 20.7 Å². The summed E-state index contributed by atoms with van der Waals surface area (Å²) in [5.41, 5.74) is 2.29. The van der Waals surface area contributed by atoms with E-state index in [1.54, 1.807) is 17.1 Å². The molecule has 0 saturated carbocycles. The first kappa shape index (κ1) is 20.8. The van der Waals surface area contributed by atoms with Crippen molar-refractivity contribution in [3.8, 4) is 0 Å². The molecule has 2 aromatic carbocycles. The molecule has 1 spiro atoms. The number of nitrogens with zero attached hydrogens (tertiary/aromatic N) is 3. The van der Waals surface area contributed by atoms with Gasteiger partial charge >= 0.3 is 5.97 Å². The van der Waals surface area contributed by atoms with E-state index in [-0.39, 0.29) is 5.78 Å². The van der Waals surface area contributed by atoms with Crippen molar-refractivity contribution in [1.82, 2.24) is 0 Å². The number of hydrazone groups is 1. The predicted octanol–water partition coefficient (Wildman–Crippen LogP) is 5.06. The second-order valence-corrected chi connectivity index (χ2v) is 9.62. The van der Waals surface area contributed by atoms with Crippen LogP contribution >= 0.6 is 35.1 Å². The molecular formula is C21H18ClN3O3S2. The first-order chi connectivity index (χ1) is 14.4. The average Bonchev–Trinajstić information content (AvgIpc) is 3.26. The molecule has 9 heteroatoms. The molecule has 0 fully saturated rings. The molecule has 1 atom stereocenters. The lowest BCUT2D eigenvalue weighted by molar-refractivity contribution is -0.135. The SMILES string of the molecule is COC(=O)C1=C(C)N(c2ccccc2)[C@@]2(SC(C(C)=O)=NN2c2cccc(Cl)c2)S1. The third-order valence-electron chi connectivity index (χ3n) is 4.61. The topological polar surface area (TPSA) is 62.2 Å². The van der Waals surface area contributed by atoms with Gasteiger partial charge in [-0.3, -0.25) is 4.79 Å². The van der Waals surface area contributed by atoms with Gasteiger partial charge in [-0.1, -0.05) is 47.6 Å². The zero-order valence-corrected chi connectivity index (χ0v) is 18.8. The molecule has 2 aliphatic rings. The van der Waals surface area contributed by atoms with Gasteiger partial charge in [0.2, 0.25) is 4.33 Å². The van der Waals surface area contributed by atoms with Gasteiger partial charge in [0.05, 0.1) is 12.8 Å². The summed E-state index contributed by atoms with van der Waals surface area (Å²) < 4.78 is 4.07. The summed E-state index contributed by atoms with van der Waals surface area (Å²) in [5.74, 6) is -0.583. The Kier molecular flexibility index (Phi) is 5.57. The van der Waals surface area contributed by atoms with Crippen LogP contribution in [0.25, 0.3) is 0 Å². The van der Waals surface area contributed by atoms with Crippen LogP contribution in [-0.2, 0) is 14.3 Å². The van der Waals surface area contributed by atoms with Gasteiger partial charge in [0, 0.05) is 23.3 Å². The molecule has 0 radical (unpaired) electrons. The van der Waals surface area contributed by atoms with Gasteiger partial charge in [0.25, 0.3) is 0 Å². The number of hydrogen-bond acceptors (Lipinski definition) is 8. The Labute approximate surface area is 187 Å². The Morgan fingerprint density at radius 3 is 2.40 bits per heavy atom. The minimum atomic E-state index is -0.958. The van der Waals surface area contributed by atoms with Crippen molar-refractivity contribution >= 4 is 63.3 Å². The molecule has 4 rings (SSSR count). The van der Waals surface area contributed by atoms with Crippen molar-refractivity contribution in [2.75, 3.05) is 17.0 Å². The molecule has 154 valence electrons. The smallest absolute Gasteiger partial charge is 0.346 e. The van der Waals surface area contributed by atoms with Crippen LogP contribution in [0.3, 0.4) is 0 Å². The Morgan fingerprint density at radius 2 is 1.77 bits per heavy atom. The molecular weight excluding hydrogens is 442 g/mol. The van der Waals surface area contributed by atoms with Crippen molar-refractivity contribution in [2.45, 2.75) is 18.2 Å². The fourth-order valence-electron chi connectivity index (χ4n) is 3.30. The van der Waals surface area contributed by atoms with Gasteiger partial charge in [-0.2, -0.15) is 5.10 Å². The van der Waals surface area contributed by atoms with E-state index >= 15 is 0 Å². The minimum Gasteiger partial charge on any atom is -0.465 e. The standard InChI is InChI=1S/C21H18ClN3O3S2/c1-13-18(20(27)28-3)29-21(24(13)16-9-5-4-6-10-16)25(23-19(30-21)14(2)26)17-11-7-8-15(22)12-17/h4-12H,1-3H3/t21-/m0/s1. The largest absolute Gasteiger partial charge is 0.465 e. The number of halogens is 1. The lowest BCUT2D eigenvalue weighted by Gasteiger charge is -2.41. The van der Waals surface area contributed by atoms with E-state index in [4.69, 9.17) is 16.3 Å². The van der Waals surface area contributed by atoms with Crippen molar-refractivity contribution in [3.63, 3.8) is 0 Å². The molecule has 0 unspecified atom stereocenters. The van der Waals surface area contributed by atoms with Crippen molar-refractivity contribution in [3.05, 3.63) is 70.2 Å². The third kappa shape index (κ3) is 3.38. The number of anilines is 2. The summed E-state index contributed by atoms with van der Waals surface area (Å²) >= 11 is 8.85. The Hall–Kier alpha value is -2.42. The molecule has 0 saturated heterocycles. The second-order valence-electron chi connectivity index (χ2n) is 6.58. The van der Waals surface area contributed by atoms with Crippen molar-refractivity contribution in [1.29, 1.82) is 0 Å². The lowest BCUT2D eigenvalue weighted by Crippen LogP contribution is -2.49. The second kappa shape index (κ2) is 8.02. The molecule has 6 nitrogen and oxygen atoms in total. The quantitative estimate of drug-likeness (QED) is 0.592. The number of para-hydroxylation sites is 1. The Bertz CT molecular complexity index is 1090. The van der Waals surface area contributed by atoms with E-state index in [1.807, 2.05) is 54.3 Å². The van der Waals surface area contributed by atoms with Gasteiger partial charge < -0.3 is 9.64 Å². The fourth-order valence-corrected chi connectivity index (χ4v) is 6.46. The van der Waals surface area contributed by atoms with Crippen LogP contribution in [-0.4, -0.2) is 28.2 Å². The zero-order valence-electron chi connectivity index (χ0n) is 16.5. The van der Waals surface area contributed by atoms with Gasteiger partial charge in [-0.05, 0) is 49.0 Å². The number of benzene rings is 2. The Balaban J connectivity index is 1.92. The number of hydrogen-bond donors (Lipinski definition) is 0. The number of esters is 1. The van der Waals surface area contributed by atoms with Crippen molar-refractivity contribution < 1.29 is 14.3 Å². The summed E-state index contributed by atoms with van der Waals surface area (Å²) in [6, 6.07) is 16.9. The monoisotopic (exact) mass is 459 g/mol. The van der Waals surface area contributed by atoms with Crippen LogP contribution in [0.5, 0.6) is 0 Å². The van der Waals surface area contributed by atoms with E-state index in [1.165, 1.54) is 37.6 Å². The van der Waals surface area contributed by atoms with E-state index in [9.17, 15) is 9.59 Å². The van der Waals surface area contributed by atoms with Crippen LogP contribution < -0.4 is 9.91 Å². The molecule has 0 N–H and O–H groups in total. The summed E-state index contributed by atoms with van der Waals surface area (Å²) in [6.07, 6.45) is 0. The van der Waals surface area contributed by atoms with Crippen LogP contribution in [0.15, 0.2) is 70.3 Å². The highest BCUT2D eigenvalue weighted by Crippen LogP contribution is 2.60. The summed E-state index contributed by atoms with van der Waals surface area (Å²) in [7, 11) is 1.36. The number of ether oxygens (including phenoxy) is 1. The van der Waals surface area contributed by atoms with E-state index < -0.39 is 10.3 Å². The molecule has 0 amide bonds. The maximum absolute atomic E-state index is 12.6. The number of methoxy groups -OCH3 is 1. The first-order valence-electron chi connectivity index (χ1n) is 9.05. The maximum Gasteiger partial charge on any atom is 0.346 e. The fraction of sp³-hybridized carbons (Fsp3) is 0.190. The average molecular weight is 460 g/mol. The molecule has 0 aromatic heterocycles. The number of carbonyl (C=O) groups excluding carboxylic acids is 2.